The van der Waals surface area contributed by atoms with E-state index in [1.807, 2.05) is 30.3 Å². The monoisotopic (exact) mass is 342 g/mol. The number of para-hydroxylation sites is 1. The number of pyridine rings is 1. The minimum Gasteiger partial charge on any atom is -0.321 e. The second-order valence-electron chi connectivity index (χ2n) is 4.85. The summed E-state index contributed by atoms with van der Waals surface area (Å²) in [6.45, 7) is 0. The second-order valence-corrected chi connectivity index (χ2v) is 5.63. The highest BCUT2D eigenvalue weighted by atomic mass is 35.5. The fourth-order valence-corrected chi connectivity index (χ4v) is 2.55. The zero-order chi connectivity index (χ0) is 16.2. The van der Waals surface area contributed by atoms with Gasteiger partial charge in [0, 0.05) is 23.2 Å². The summed E-state index contributed by atoms with van der Waals surface area (Å²) in [6.07, 6.45) is 4.90. The molecule has 5 heteroatoms. The van der Waals surface area contributed by atoms with Gasteiger partial charge >= 0.3 is 0 Å². The van der Waals surface area contributed by atoms with E-state index in [1.165, 1.54) is 6.08 Å². The lowest BCUT2D eigenvalue weighted by atomic mass is 10.1. The average molecular weight is 343 g/mol. The van der Waals surface area contributed by atoms with Crippen LogP contribution >= 0.6 is 23.2 Å². The Morgan fingerprint density at radius 2 is 1.83 bits per heavy atom. The predicted molar refractivity (Wildman–Crippen MR) is 95.9 cm³/mol. The van der Waals surface area contributed by atoms with Crippen molar-refractivity contribution in [3.8, 4) is 0 Å². The summed E-state index contributed by atoms with van der Waals surface area (Å²) < 4.78 is 0. The Morgan fingerprint density at radius 3 is 2.70 bits per heavy atom. The van der Waals surface area contributed by atoms with Crippen LogP contribution in [0.3, 0.4) is 0 Å². The lowest BCUT2D eigenvalue weighted by molar-refractivity contribution is -0.111. The number of fused-ring (bicyclic) bond motifs is 1. The number of hydrogen-bond acceptors (Lipinski definition) is 2. The first kappa shape index (κ1) is 15.5. The summed E-state index contributed by atoms with van der Waals surface area (Å²) >= 11 is 12.0. The molecule has 0 radical (unpaired) electrons. The minimum atomic E-state index is -0.290. The Hall–Kier alpha value is -2.36. The lowest BCUT2D eigenvalue weighted by Gasteiger charge is -2.06. The van der Waals surface area contributed by atoms with Gasteiger partial charge in [-0.25, -0.2) is 0 Å². The molecule has 0 fully saturated rings. The first-order valence-corrected chi connectivity index (χ1v) is 7.67. The molecule has 3 nitrogen and oxygen atoms in total. The molecule has 0 aliphatic rings. The van der Waals surface area contributed by atoms with E-state index in [0.29, 0.717) is 15.7 Å². The number of benzene rings is 2. The molecule has 2 aromatic carbocycles. The van der Waals surface area contributed by atoms with Gasteiger partial charge in [0.1, 0.15) is 0 Å². The first-order chi connectivity index (χ1) is 11.1. The standard InChI is InChI=1S/C18H12Cl2N2O/c19-14-7-2-8-15(17(14)20)22-16(23)10-9-13-5-1-4-12-6-3-11-21-18(12)13/h1-11H,(H,22,23)/b10-9+. The maximum Gasteiger partial charge on any atom is 0.248 e. The number of anilines is 1. The number of aromatic nitrogens is 1. The highest BCUT2D eigenvalue weighted by Gasteiger charge is 2.06. The summed E-state index contributed by atoms with van der Waals surface area (Å²) in [5.41, 5.74) is 2.19. The van der Waals surface area contributed by atoms with Crippen LogP contribution in [0.15, 0.2) is 60.8 Å². The van der Waals surface area contributed by atoms with Crippen molar-refractivity contribution in [2.45, 2.75) is 0 Å². The van der Waals surface area contributed by atoms with Gasteiger partial charge in [-0.2, -0.15) is 0 Å². The SMILES string of the molecule is O=C(/C=C/c1cccc2cccnc12)Nc1cccc(Cl)c1Cl. The third kappa shape index (κ3) is 3.52. The van der Waals surface area contributed by atoms with Crippen molar-refractivity contribution in [1.82, 2.24) is 4.98 Å². The molecule has 0 saturated heterocycles. The number of carbonyl (C=O) groups excluding carboxylic acids is 1. The van der Waals surface area contributed by atoms with E-state index in [-0.39, 0.29) is 5.91 Å². The van der Waals surface area contributed by atoms with E-state index in [9.17, 15) is 4.79 Å². The van der Waals surface area contributed by atoms with Gasteiger partial charge in [-0.3, -0.25) is 9.78 Å². The zero-order valence-electron chi connectivity index (χ0n) is 12.0. The molecule has 0 aliphatic carbocycles. The largest absolute Gasteiger partial charge is 0.321 e. The van der Waals surface area contributed by atoms with Crippen molar-refractivity contribution in [3.63, 3.8) is 0 Å². The second kappa shape index (κ2) is 6.82. The predicted octanol–water partition coefficient (Wildman–Crippen LogP) is 5.19. The van der Waals surface area contributed by atoms with Crippen LogP contribution in [-0.2, 0) is 4.79 Å². The maximum absolute atomic E-state index is 12.1. The third-order valence-corrected chi connectivity index (χ3v) is 4.11. The van der Waals surface area contributed by atoms with E-state index in [4.69, 9.17) is 23.2 Å². The number of halogens is 2. The van der Waals surface area contributed by atoms with Crippen LogP contribution in [0.4, 0.5) is 5.69 Å². The topological polar surface area (TPSA) is 42.0 Å². The fraction of sp³-hybridized carbons (Fsp3) is 0. The molecular formula is C18H12Cl2N2O. The molecule has 1 N–H and O–H groups in total. The van der Waals surface area contributed by atoms with Crippen LogP contribution < -0.4 is 5.32 Å². The number of rotatable bonds is 3. The van der Waals surface area contributed by atoms with Crippen LogP contribution in [0.1, 0.15) is 5.56 Å². The molecule has 0 atom stereocenters. The van der Waals surface area contributed by atoms with Crippen molar-refractivity contribution < 1.29 is 4.79 Å². The number of amides is 1. The Bertz CT molecular complexity index is 901. The van der Waals surface area contributed by atoms with Crippen LogP contribution in [0.5, 0.6) is 0 Å². The lowest BCUT2D eigenvalue weighted by Crippen LogP contribution is -2.08. The van der Waals surface area contributed by atoms with E-state index in [2.05, 4.69) is 10.3 Å². The van der Waals surface area contributed by atoms with Crippen molar-refractivity contribution in [2.75, 3.05) is 5.32 Å². The van der Waals surface area contributed by atoms with Gasteiger partial charge < -0.3 is 5.32 Å². The van der Waals surface area contributed by atoms with Gasteiger partial charge in [0.25, 0.3) is 0 Å². The van der Waals surface area contributed by atoms with Gasteiger partial charge in [-0.05, 0) is 24.3 Å². The normalized spacial score (nSPS) is 11.0. The average Bonchev–Trinajstić information content (AvgIpc) is 2.57. The fourth-order valence-electron chi connectivity index (χ4n) is 2.20. The summed E-state index contributed by atoms with van der Waals surface area (Å²) in [4.78, 5) is 16.4. The minimum absolute atomic E-state index is 0.290. The van der Waals surface area contributed by atoms with Crippen molar-refractivity contribution >= 4 is 51.8 Å². The molecule has 114 valence electrons. The highest BCUT2D eigenvalue weighted by molar-refractivity contribution is 6.44. The molecule has 23 heavy (non-hydrogen) atoms. The van der Waals surface area contributed by atoms with E-state index in [0.717, 1.165) is 16.5 Å². The number of carbonyl (C=O) groups is 1. The van der Waals surface area contributed by atoms with E-state index >= 15 is 0 Å². The van der Waals surface area contributed by atoms with Crippen molar-refractivity contribution in [3.05, 3.63) is 76.4 Å². The quantitative estimate of drug-likeness (QED) is 0.665. The van der Waals surface area contributed by atoms with Crippen LogP contribution in [0.25, 0.3) is 17.0 Å². The van der Waals surface area contributed by atoms with Gasteiger partial charge in [0.2, 0.25) is 5.91 Å². The van der Waals surface area contributed by atoms with E-state index < -0.39 is 0 Å². The van der Waals surface area contributed by atoms with Gasteiger partial charge in [-0.15, -0.1) is 0 Å². The summed E-state index contributed by atoms with van der Waals surface area (Å²) in [5, 5.41) is 4.45. The number of nitrogens with one attached hydrogen (secondary N) is 1. The molecular weight excluding hydrogens is 331 g/mol. The molecule has 1 amide bonds. The summed E-state index contributed by atoms with van der Waals surface area (Å²) in [6, 6.07) is 14.8. The Balaban J connectivity index is 1.82. The Morgan fingerprint density at radius 1 is 1.04 bits per heavy atom. The number of hydrogen-bond donors (Lipinski definition) is 1. The maximum atomic E-state index is 12.1. The Kier molecular flexibility index (Phi) is 4.60. The molecule has 0 saturated carbocycles. The number of nitrogens with zero attached hydrogens (tertiary/aromatic N) is 1. The summed E-state index contributed by atoms with van der Waals surface area (Å²) in [7, 11) is 0. The van der Waals surface area contributed by atoms with Crippen molar-refractivity contribution in [2.24, 2.45) is 0 Å². The molecule has 1 heterocycles. The molecule has 0 spiro atoms. The zero-order valence-corrected chi connectivity index (χ0v) is 13.5. The van der Waals surface area contributed by atoms with Crippen LogP contribution in [0.2, 0.25) is 10.0 Å². The molecule has 1 aromatic heterocycles. The molecule has 0 bridgehead atoms. The molecule has 0 unspecified atom stereocenters. The molecule has 0 aliphatic heterocycles. The summed E-state index contributed by atoms with van der Waals surface area (Å²) in [5.74, 6) is -0.290. The highest BCUT2D eigenvalue weighted by Crippen LogP contribution is 2.29. The first-order valence-electron chi connectivity index (χ1n) is 6.92. The van der Waals surface area contributed by atoms with Gasteiger partial charge in [-0.1, -0.05) is 53.5 Å². The molecule has 3 rings (SSSR count). The molecule has 3 aromatic rings. The van der Waals surface area contributed by atoms with Crippen LogP contribution in [0, 0.1) is 0 Å². The smallest absolute Gasteiger partial charge is 0.248 e. The Labute approximate surface area is 143 Å². The van der Waals surface area contributed by atoms with Gasteiger partial charge in [0.15, 0.2) is 0 Å². The van der Waals surface area contributed by atoms with Crippen molar-refractivity contribution in [1.29, 1.82) is 0 Å². The van der Waals surface area contributed by atoms with E-state index in [1.54, 1.807) is 30.5 Å². The van der Waals surface area contributed by atoms with Gasteiger partial charge in [0.05, 0.1) is 21.2 Å². The third-order valence-electron chi connectivity index (χ3n) is 3.29. The van der Waals surface area contributed by atoms with Crippen LogP contribution in [-0.4, -0.2) is 10.9 Å².